The first kappa shape index (κ1) is 22.3. The minimum absolute atomic E-state index is 0.0729. The van der Waals surface area contributed by atoms with Crippen LogP contribution in [0.4, 0.5) is 0 Å². The van der Waals surface area contributed by atoms with Crippen LogP contribution in [-0.2, 0) is 0 Å². The van der Waals surface area contributed by atoms with Gasteiger partial charge in [0.1, 0.15) is 12.7 Å². The van der Waals surface area contributed by atoms with Crippen molar-refractivity contribution in [3.8, 4) is 17.2 Å². The third kappa shape index (κ3) is 5.42. The van der Waals surface area contributed by atoms with Crippen LogP contribution < -0.4 is 9.47 Å². The molecular weight excluding hydrogens is 392 g/mol. The zero-order valence-electron chi connectivity index (χ0n) is 18.6. The van der Waals surface area contributed by atoms with E-state index < -0.39 is 0 Å². The molecular formula is C24H30N4O3. The zero-order valence-corrected chi connectivity index (χ0v) is 18.6. The lowest BCUT2D eigenvalue weighted by atomic mass is 10.1. The van der Waals surface area contributed by atoms with Crippen LogP contribution in [-0.4, -0.2) is 45.8 Å². The summed E-state index contributed by atoms with van der Waals surface area (Å²) in [5, 5.41) is 4.14. The second-order valence-electron chi connectivity index (χ2n) is 7.38. The van der Waals surface area contributed by atoms with Crippen molar-refractivity contribution in [1.82, 2.24) is 19.7 Å². The van der Waals surface area contributed by atoms with Gasteiger partial charge in [-0.05, 0) is 55.7 Å². The van der Waals surface area contributed by atoms with Crippen LogP contribution in [0.3, 0.4) is 0 Å². The molecule has 164 valence electrons. The third-order valence-electron chi connectivity index (χ3n) is 5.07. The molecule has 0 fully saturated rings. The third-order valence-corrected chi connectivity index (χ3v) is 5.07. The van der Waals surface area contributed by atoms with E-state index >= 15 is 0 Å². The summed E-state index contributed by atoms with van der Waals surface area (Å²) < 4.78 is 13.3. The summed E-state index contributed by atoms with van der Waals surface area (Å²) in [6, 6.07) is 13.2. The predicted molar refractivity (Wildman–Crippen MR) is 120 cm³/mol. The molecule has 0 saturated heterocycles. The van der Waals surface area contributed by atoms with Crippen molar-refractivity contribution in [2.45, 2.75) is 39.7 Å². The van der Waals surface area contributed by atoms with Gasteiger partial charge in [0, 0.05) is 12.6 Å². The number of ether oxygens (including phenoxy) is 2. The van der Waals surface area contributed by atoms with Gasteiger partial charge in [-0.2, -0.15) is 5.10 Å². The summed E-state index contributed by atoms with van der Waals surface area (Å²) in [6.07, 6.45) is 4.94. The molecule has 2 aromatic carbocycles. The second-order valence-corrected chi connectivity index (χ2v) is 7.38. The first-order chi connectivity index (χ1) is 15.0. The Kier molecular flexibility index (Phi) is 7.65. The summed E-state index contributed by atoms with van der Waals surface area (Å²) in [5.41, 5.74) is 2.52. The SMILES string of the molecule is CCCOc1ccc(C(=O)N(C)[C@@H](C)c2ccc(-n3cncn3)cc2)cc1OCCC. The monoisotopic (exact) mass is 422 g/mol. The van der Waals surface area contributed by atoms with Gasteiger partial charge in [-0.25, -0.2) is 9.67 Å². The number of carbonyl (C=O) groups is 1. The van der Waals surface area contributed by atoms with Crippen LogP contribution in [0.5, 0.6) is 11.5 Å². The molecule has 1 atom stereocenters. The summed E-state index contributed by atoms with van der Waals surface area (Å²) in [4.78, 5) is 18.9. The summed E-state index contributed by atoms with van der Waals surface area (Å²) >= 11 is 0. The van der Waals surface area contributed by atoms with E-state index in [0.29, 0.717) is 30.3 Å². The molecule has 1 amide bonds. The molecule has 0 saturated carbocycles. The van der Waals surface area contributed by atoms with Gasteiger partial charge < -0.3 is 14.4 Å². The standard InChI is InChI=1S/C24H30N4O3/c1-5-13-30-22-12-9-20(15-23(22)31-14-6-2)24(29)27(4)18(3)19-7-10-21(11-8-19)28-17-25-16-26-28/h7-12,15-18H,5-6,13-14H2,1-4H3/t18-/m0/s1. The molecule has 0 N–H and O–H groups in total. The zero-order chi connectivity index (χ0) is 22.2. The van der Waals surface area contributed by atoms with Crippen molar-refractivity contribution in [3.63, 3.8) is 0 Å². The van der Waals surface area contributed by atoms with E-state index in [1.54, 1.807) is 28.0 Å². The average molecular weight is 423 g/mol. The maximum absolute atomic E-state index is 13.2. The molecule has 1 aromatic heterocycles. The minimum atomic E-state index is -0.103. The Balaban J connectivity index is 1.76. The van der Waals surface area contributed by atoms with Gasteiger partial charge in [0.15, 0.2) is 11.5 Å². The maximum Gasteiger partial charge on any atom is 0.254 e. The summed E-state index contributed by atoms with van der Waals surface area (Å²) in [5.74, 6) is 1.21. The molecule has 0 aliphatic rings. The number of carbonyl (C=O) groups excluding carboxylic acids is 1. The van der Waals surface area contributed by atoms with Crippen molar-refractivity contribution in [2.75, 3.05) is 20.3 Å². The number of aromatic nitrogens is 3. The molecule has 0 unspecified atom stereocenters. The van der Waals surface area contributed by atoms with Crippen LogP contribution in [0, 0.1) is 0 Å². The van der Waals surface area contributed by atoms with E-state index in [0.717, 1.165) is 24.1 Å². The van der Waals surface area contributed by atoms with Gasteiger partial charge in [0.05, 0.1) is 24.9 Å². The lowest BCUT2D eigenvalue weighted by molar-refractivity contribution is 0.0742. The van der Waals surface area contributed by atoms with Crippen LogP contribution in [0.1, 0.15) is 55.6 Å². The number of benzene rings is 2. The highest BCUT2D eigenvalue weighted by Gasteiger charge is 2.21. The Labute approximate surface area is 183 Å². The fraction of sp³-hybridized carbons (Fsp3) is 0.375. The van der Waals surface area contributed by atoms with Crippen molar-refractivity contribution in [2.24, 2.45) is 0 Å². The van der Waals surface area contributed by atoms with Crippen LogP contribution in [0.2, 0.25) is 0 Å². The Hall–Kier alpha value is -3.35. The number of hydrogen-bond donors (Lipinski definition) is 0. The minimum Gasteiger partial charge on any atom is -0.490 e. The number of amides is 1. The van der Waals surface area contributed by atoms with E-state index in [1.807, 2.05) is 51.2 Å². The van der Waals surface area contributed by atoms with Gasteiger partial charge >= 0.3 is 0 Å². The van der Waals surface area contributed by atoms with E-state index in [9.17, 15) is 4.79 Å². The first-order valence-corrected chi connectivity index (χ1v) is 10.7. The summed E-state index contributed by atoms with van der Waals surface area (Å²) in [6.45, 7) is 7.29. The van der Waals surface area contributed by atoms with E-state index in [1.165, 1.54) is 6.33 Å². The first-order valence-electron chi connectivity index (χ1n) is 10.7. The average Bonchev–Trinajstić information content (AvgIpc) is 3.35. The van der Waals surface area contributed by atoms with Gasteiger partial charge in [0.25, 0.3) is 5.91 Å². The summed E-state index contributed by atoms with van der Waals surface area (Å²) in [7, 11) is 1.81. The van der Waals surface area contributed by atoms with Crippen molar-refractivity contribution >= 4 is 5.91 Å². The maximum atomic E-state index is 13.2. The lowest BCUT2D eigenvalue weighted by Crippen LogP contribution is -2.29. The highest BCUT2D eigenvalue weighted by molar-refractivity contribution is 5.95. The highest BCUT2D eigenvalue weighted by Crippen LogP contribution is 2.30. The molecule has 31 heavy (non-hydrogen) atoms. The van der Waals surface area contributed by atoms with Crippen LogP contribution >= 0.6 is 0 Å². The fourth-order valence-electron chi connectivity index (χ4n) is 3.15. The molecule has 7 heteroatoms. The van der Waals surface area contributed by atoms with Crippen LogP contribution in [0.15, 0.2) is 55.1 Å². The van der Waals surface area contributed by atoms with Gasteiger partial charge in [0.2, 0.25) is 0 Å². The largest absolute Gasteiger partial charge is 0.490 e. The topological polar surface area (TPSA) is 69.5 Å². The Bertz CT molecular complexity index is 971. The smallest absolute Gasteiger partial charge is 0.254 e. The molecule has 0 aliphatic heterocycles. The molecule has 0 aliphatic carbocycles. The van der Waals surface area contributed by atoms with Gasteiger partial charge in [-0.15, -0.1) is 0 Å². The number of rotatable bonds is 10. The second kappa shape index (κ2) is 10.6. The Morgan fingerprint density at radius 2 is 1.71 bits per heavy atom. The van der Waals surface area contributed by atoms with Crippen molar-refractivity contribution < 1.29 is 14.3 Å². The quantitative estimate of drug-likeness (QED) is 0.475. The molecule has 0 bridgehead atoms. The van der Waals surface area contributed by atoms with Gasteiger partial charge in [-0.1, -0.05) is 26.0 Å². The molecule has 7 nitrogen and oxygen atoms in total. The fourth-order valence-corrected chi connectivity index (χ4v) is 3.15. The van der Waals surface area contributed by atoms with E-state index in [4.69, 9.17) is 9.47 Å². The number of nitrogens with zero attached hydrogens (tertiary/aromatic N) is 4. The highest BCUT2D eigenvalue weighted by atomic mass is 16.5. The molecule has 1 heterocycles. The van der Waals surface area contributed by atoms with Crippen molar-refractivity contribution in [3.05, 3.63) is 66.2 Å². The van der Waals surface area contributed by atoms with Crippen molar-refractivity contribution in [1.29, 1.82) is 0 Å². The van der Waals surface area contributed by atoms with E-state index in [-0.39, 0.29) is 11.9 Å². The molecule has 3 rings (SSSR count). The molecule has 0 radical (unpaired) electrons. The molecule has 3 aromatic rings. The van der Waals surface area contributed by atoms with Crippen LogP contribution in [0.25, 0.3) is 5.69 Å². The Morgan fingerprint density at radius 1 is 1.03 bits per heavy atom. The predicted octanol–water partition coefficient (Wildman–Crippen LogP) is 4.68. The van der Waals surface area contributed by atoms with Gasteiger partial charge in [-0.3, -0.25) is 4.79 Å². The number of hydrogen-bond acceptors (Lipinski definition) is 5. The normalized spacial score (nSPS) is 11.7. The molecule has 0 spiro atoms. The lowest BCUT2D eigenvalue weighted by Gasteiger charge is -2.26. The van der Waals surface area contributed by atoms with E-state index in [2.05, 4.69) is 17.0 Å². The Morgan fingerprint density at radius 3 is 2.32 bits per heavy atom.